The number of aliphatic hydroxyl groups excluding tert-OH is 24. The van der Waals surface area contributed by atoms with Crippen molar-refractivity contribution in [3.8, 4) is 0 Å². The fourth-order valence-corrected chi connectivity index (χ4v) is 13.8. The minimum atomic E-state index is -2.41. The molecule has 27 N–H and O–H groups in total. The average Bonchev–Trinajstić information content (AvgIpc) is 0.960. The molecule has 0 bridgehead atoms. The zero-order chi connectivity index (χ0) is 77.9. The number of carbonyl (C=O) groups is 3. The molecule has 0 aromatic carbocycles. The van der Waals surface area contributed by atoms with Crippen LogP contribution in [-0.2, 0) is 94.9 Å². The van der Waals surface area contributed by atoms with E-state index in [9.17, 15) is 137 Å². The topological polar surface area (TPSA) is 730 Å². The van der Waals surface area contributed by atoms with Crippen molar-refractivity contribution in [2.45, 2.75) is 298 Å². The van der Waals surface area contributed by atoms with Gasteiger partial charge in [0.1, 0.15) is 207 Å². The second-order valence-corrected chi connectivity index (χ2v) is 26.9. The highest BCUT2D eigenvalue weighted by atomic mass is 16.8. The van der Waals surface area contributed by atoms with Gasteiger partial charge < -0.3 is 219 Å². The molecule has 1 unspecified atom stereocenters. The van der Waals surface area contributed by atoms with E-state index in [0.29, 0.717) is 0 Å². The van der Waals surface area contributed by atoms with Crippen LogP contribution >= 0.6 is 0 Å². The van der Waals surface area contributed by atoms with Crippen LogP contribution in [0.2, 0.25) is 0 Å². The van der Waals surface area contributed by atoms with Crippen LogP contribution in [-0.4, -0.2) is 463 Å². The van der Waals surface area contributed by atoms with Crippen LogP contribution in [0.4, 0.5) is 0 Å². The molecule has 47 heteroatoms. The number of ether oxygens (including phenoxy) is 17. The van der Waals surface area contributed by atoms with E-state index >= 15 is 0 Å². The molecule has 9 saturated heterocycles. The van der Waals surface area contributed by atoms with E-state index in [2.05, 4.69) is 16.0 Å². The van der Waals surface area contributed by atoms with Gasteiger partial charge in [0.05, 0.1) is 59.0 Å². The maximum Gasteiger partial charge on any atom is 0.217 e. The van der Waals surface area contributed by atoms with Crippen molar-refractivity contribution in [1.82, 2.24) is 16.0 Å². The van der Waals surface area contributed by atoms with Crippen molar-refractivity contribution >= 4 is 17.7 Å². The molecule has 614 valence electrons. The van der Waals surface area contributed by atoms with Gasteiger partial charge in [-0.1, -0.05) is 0 Å². The number of amides is 3. The minimum absolute atomic E-state index is 0.838. The molecule has 9 rings (SSSR count). The van der Waals surface area contributed by atoms with Crippen molar-refractivity contribution in [2.24, 2.45) is 0 Å². The van der Waals surface area contributed by atoms with Gasteiger partial charge in [-0.15, -0.1) is 0 Å². The van der Waals surface area contributed by atoms with Gasteiger partial charge in [-0.05, 0) is 6.92 Å². The third kappa shape index (κ3) is 18.7. The van der Waals surface area contributed by atoms with Gasteiger partial charge >= 0.3 is 0 Å². The van der Waals surface area contributed by atoms with Crippen LogP contribution in [0.3, 0.4) is 0 Å². The Hall–Kier alpha value is -3.23. The number of rotatable bonds is 27. The Balaban J connectivity index is 1.03. The first-order valence-corrected chi connectivity index (χ1v) is 33.9. The predicted octanol–water partition coefficient (Wildman–Crippen LogP) is -18.5. The molecular formula is C59H99N3O44. The quantitative estimate of drug-likeness (QED) is 0.0363. The summed E-state index contributed by atoms with van der Waals surface area (Å²) in [6.45, 7) is -4.38. The van der Waals surface area contributed by atoms with Crippen LogP contribution in [0.1, 0.15) is 27.7 Å². The summed E-state index contributed by atoms with van der Waals surface area (Å²) in [7, 11) is 0. The molecule has 0 spiro atoms. The fraction of sp³-hybridized carbons (Fsp3) is 0.949. The van der Waals surface area contributed by atoms with Crippen molar-refractivity contribution in [2.75, 3.05) is 52.9 Å². The second-order valence-electron chi connectivity index (χ2n) is 26.9. The summed E-state index contributed by atoms with van der Waals surface area (Å²) in [6.07, 6.45) is -82.6. The van der Waals surface area contributed by atoms with Gasteiger partial charge in [0.2, 0.25) is 17.7 Å². The molecule has 44 atom stereocenters. The van der Waals surface area contributed by atoms with E-state index in [1.165, 1.54) is 6.92 Å². The Labute approximate surface area is 600 Å². The van der Waals surface area contributed by atoms with Crippen molar-refractivity contribution in [3.05, 3.63) is 0 Å². The normalized spacial score (nSPS) is 50.3. The molecule has 0 saturated carbocycles. The van der Waals surface area contributed by atoms with Crippen molar-refractivity contribution in [3.63, 3.8) is 0 Å². The first-order valence-electron chi connectivity index (χ1n) is 33.9. The maximum absolute atomic E-state index is 13.2. The number of hydrogen-bond acceptors (Lipinski definition) is 44. The number of carbonyl (C=O) groups excluding carboxylic acids is 3. The number of aliphatic hydroxyl groups is 24. The van der Waals surface area contributed by atoms with Crippen LogP contribution < -0.4 is 16.0 Å². The van der Waals surface area contributed by atoms with Gasteiger partial charge in [-0.3, -0.25) is 14.4 Å². The van der Waals surface area contributed by atoms with Crippen molar-refractivity contribution < 1.29 is 217 Å². The van der Waals surface area contributed by atoms with E-state index in [1.807, 2.05) is 0 Å². The van der Waals surface area contributed by atoms with Gasteiger partial charge in [-0.25, -0.2) is 0 Å². The first kappa shape index (κ1) is 86.7. The summed E-state index contributed by atoms with van der Waals surface area (Å²) in [6, 6.07) is -5.50. The van der Waals surface area contributed by atoms with Crippen LogP contribution in [0, 0.1) is 0 Å². The monoisotopic (exact) mass is 1550 g/mol. The van der Waals surface area contributed by atoms with Gasteiger partial charge in [0, 0.05) is 20.8 Å². The SMILES string of the molecule is CC(=O)N[C@H]1[C@H](O[C@H]2[C@H](O[C@@H]3O[C@@H](C)[C@@H](O)[C@@H](O)[C@@H]3O)[C@@H](NC(C)=O)C(O)O[C@@H]2CO)O[C@H](CO)[C@@H](O[C@@H]2O[C@H](CO[C@H]3O[C@H](CO)[C@@H](O[C@@H]4O[C@H](CO)[C@@H](O)[C@H](O[C@@H]5O[C@H](CO)[C@H](O)[C@H](O)[C@H]5O)[C@H]4NC(C)=O)[C@H](O)[C@@H]3O)[C@@H](O)[C@H](O[C@H]3O[C@H](CO)[C@@H](O)[C@H](O)[C@@H]3O)[C@@H]2O[C@@H]2O[C@H](CO)[C@H](O)[C@H]2O)[C@@H]1O. The third-order valence-electron chi connectivity index (χ3n) is 19.6. The summed E-state index contributed by atoms with van der Waals surface area (Å²) in [5, 5.41) is 271. The average molecular weight is 1550 g/mol. The van der Waals surface area contributed by atoms with Gasteiger partial charge in [0.15, 0.2) is 56.6 Å². The highest BCUT2D eigenvalue weighted by Gasteiger charge is 2.61. The summed E-state index contributed by atoms with van der Waals surface area (Å²) in [5.74, 6) is -2.68. The smallest absolute Gasteiger partial charge is 0.217 e. The summed E-state index contributed by atoms with van der Waals surface area (Å²) in [4.78, 5) is 38.7. The van der Waals surface area contributed by atoms with Crippen LogP contribution in [0.15, 0.2) is 0 Å². The zero-order valence-electron chi connectivity index (χ0n) is 57.0. The van der Waals surface area contributed by atoms with E-state index in [4.69, 9.17) is 80.5 Å². The lowest BCUT2D eigenvalue weighted by Crippen LogP contribution is -2.71. The van der Waals surface area contributed by atoms with Crippen LogP contribution in [0.5, 0.6) is 0 Å². The number of hydrogen-bond donors (Lipinski definition) is 27. The lowest BCUT2D eigenvalue weighted by molar-refractivity contribution is -0.400. The van der Waals surface area contributed by atoms with Gasteiger partial charge in [0.25, 0.3) is 0 Å². The lowest BCUT2D eigenvalue weighted by atomic mass is 9.93. The van der Waals surface area contributed by atoms with E-state index in [1.54, 1.807) is 0 Å². The third-order valence-corrected chi connectivity index (χ3v) is 19.6. The summed E-state index contributed by atoms with van der Waals surface area (Å²) in [5.41, 5.74) is 0. The minimum Gasteiger partial charge on any atom is -0.394 e. The molecular weight excluding hydrogens is 1450 g/mol. The summed E-state index contributed by atoms with van der Waals surface area (Å²) >= 11 is 0. The summed E-state index contributed by atoms with van der Waals surface area (Å²) < 4.78 is 101. The highest BCUT2D eigenvalue weighted by Crippen LogP contribution is 2.41. The molecule has 0 aliphatic carbocycles. The Bertz CT molecular complexity index is 2760. The van der Waals surface area contributed by atoms with Crippen LogP contribution in [0.25, 0.3) is 0 Å². The Morgan fingerprint density at radius 2 is 0.585 bits per heavy atom. The fourth-order valence-electron chi connectivity index (χ4n) is 13.8. The molecule has 0 radical (unpaired) electrons. The second kappa shape index (κ2) is 37.6. The van der Waals surface area contributed by atoms with Gasteiger partial charge in [-0.2, -0.15) is 0 Å². The molecule has 9 heterocycles. The van der Waals surface area contributed by atoms with E-state index in [-0.39, 0.29) is 0 Å². The number of nitrogens with one attached hydrogen (secondary N) is 3. The largest absolute Gasteiger partial charge is 0.394 e. The Morgan fingerprint density at radius 3 is 1.09 bits per heavy atom. The maximum atomic E-state index is 13.2. The standard InChI is InChI=1S/C59H99N3O44/c1-13-28(73)35(80)40(85)55(91-13)104-48-26(61-15(3)71)51(89)92-23(11-69)46(48)102-52-25(60-14(2)70)34(79)44(21(9-67)97-52)101-59-50(106-56-39(84)31(76)19(7-65)96-56)49(105-58-42(87)37(82)30(75)18(6-64)95-58)33(78)24(99-59)12-90-54-43(88)38(83)45(22(10-68)98-54)100-53-27(62-16(4)72)47(32(77)20(8-66)93-53)103-57-41(86)36(81)29(74)17(5-63)94-57/h13,17-59,63-69,73-89H,5-12H2,1-4H3,(H,60,70)(H,61,71)(H,62,72)/t13-,17+,18+,19+,20+,21+,22+,23+,24+,25+,26+,27+,28+,29-,30+,31-,32+,33+,34+,35+,36-,37-,38+,39+,40-,41+,42-,43-,44+,45+,46+,47+,48+,49-,50-,51?,52-,53-,54-,55-,56-,57-,58+,59-/m0/s1. The molecule has 0 aromatic heterocycles. The molecule has 0 aromatic rings. The predicted molar refractivity (Wildman–Crippen MR) is 324 cm³/mol. The van der Waals surface area contributed by atoms with E-state index < -0.39 is 341 Å². The van der Waals surface area contributed by atoms with E-state index in [0.717, 1.165) is 20.8 Å². The Kier molecular flexibility index (Phi) is 30.8. The molecule has 106 heavy (non-hydrogen) atoms. The molecule has 3 amide bonds. The molecule has 9 aliphatic rings. The molecule has 47 nitrogen and oxygen atoms in total. The lowest BCUT2D eigenvalue weighted by Gasteiger charge is -2.51. The van der Waals surface area contributed by atoms with Crippen molar-refractivity contribution in [1.29, 1.82) is 0 Å². The zero-order valence-corrected chi connectivity index (χ0v) is 57.0. The molecule has 9 aliphatic heterocycles. The highest BCUT2D eigenvalue weighted by molar-refractivity contribution is 5.74. The first-order chi connectivity index (χ1) is 50.2. The Morgan fingerprint density at radius 1 is 0.264 bits per heavy atom. The molecule has 9 fully saturated rings.